The second-order valence-corrected chi connectivity index (χ2v) is 19.9. The fourth-order valence-electron chi connectivity index (χ4n) is 11.3. The van der Waals surface area contributed by atoms with Crippen LogP contribution in [0.25, 0.3) is 130 Å². The van der Waals surface area contributed by atoms with Crippen molar-refractivity contribution in [3.8, 4) is 91.3 Å². The van der Waals surface area contributed by atoms with Crippen LogP contribution in [0.4, 0.5) is 49.1 Å². The Morgan fingerprint density at radius 1 is 0.326 bits per heavy atom. The lowest BCUT2D eigenvalue weighted by molar-refractivity contribution is -0.139. The summed E-state index contributed by atoms with van der Waals surface area (Å²) in [5.74, 6) is 0. The van der Waals surface area contributed by atoms with Crippen LogP contribution in [0.5, 0.6) is 0 Å². The number of halogens is 6. The van der Waals surface area contributed by atoms with Gasteiger partial charge in [-0.3, -0.25) is 0 Å². The van der Waals surface area contributed by atoms with Gasteiger partial charge in [0, 0.05) is 55.2 Å². The topological polar surface area (TPSA) is 122 Å². The molecule has 10 nitrogen and oxygen atoms in total. The highest BCUT2D eigenvalue weighted by Gasteiger charge is 2.39. The average Bonchev–Trinajstić information content (AvgIpc) is 1.62. The van der Waals surface area contributed by atoms with Crippen molar-refractivity contribution >= 4 is 66.4 Å². The van der Waals surface area contributed by atoms with E-state index in [1.807, 2.05) is 12.1 Å². The molecule has 2 aromatic heterocycles. The van der Waals surface area contributed by atoms with Crippen LogP contribution < -0.4 is 0 Å². The first-order chi connectivity index (χ1) is 41.5. The van der Waals surface area contributed by atoms with Crippen LogP contribution in [0, 0.1) is 71.6 Å². The van der Waals surface area contributed by atoms with Crippen molar-refractivity contribution in [1.29, 1.82) is 21.0 Å². The summed E-state index contributed by atoms with van der Waals surface area (Å²) >= 11 is 0. The zero-order valence-electron chi connectivity index (χ0n) is 44.1. The zero-order valence-corrected chi connectivity index (χ0v) is 44.1. The van der Waals surface area contributed by atoms with Gasteiger partial charge in [0.25, 0.3) is 0 Å². The van der Waals surface area contributed by atoms with E-state index in [1.165, 1.54) is 48.5 Å². The largest absolute Gasteiger partial charge is 0.417 e. The van der Waals surface area contributed by atoms with Crippen molar-refractivity contribution in [3.05, 3.63) is 261 Å². The van der Waals surface area contributed by atoms with Gasteiger partial charge in [0.05, 0.1) is 83.8 Å². The quantitative estimate of drug-likeness (QED) is 0.116. The Hall–Kier alpha value is -12.7. The summed E-state index contributed by atoms with van der Waals surface area (Å²) in [4.78, 5) is 14.2. The first-order valence-corrected chi connectivity index (χ1v) is 25.8. The molecular weight excluding hydrogens is 1090 g/mol. The summed E-state index contributed by atoms with van der Waals surface area (Å²) in [6, 6.07) is 53.3. The third kappa shape index (κ3) is 9.05. The van der Waals surface area contributed by atoms with E-state index in [9.17, 15) is 21.0 Å². The minimum absolute atomic E-state index is 0.00312. The predicted octanol–water partition coefficient (Wildman–Crippen LogP) is 19.9. The molecule has 86 heavy (non-hydrogen) atoms. The summed E-state index contributed by atoms with van der Waals surface area (Å²) in [6.07, 6.45) is -10.5. The number of hydrogen-bond acceptors (Lipinski definition) is 4. The molecule has 0 aliphatic heterocycles. The van der Waals surface area contributed by atoms with Crippen molar-refractivity contribution in [2.45, 2.75) is 12.4 Å². The normalized spacial score (nSPS) is 11.3. The summed E-state index contributed by atoms with van der Waals surface area (Å²) in [6.45, 7) is 31.0. The molecule has 0 atom stereocenters. The van der Waals surface area contributed by atoms with E-state index in [0.29, 0.717) is 88.1 Å². The summed E-state index contributed by atoms with van der Waals surface area (Å²) in [7, 11) is 0. The van der Waals surface area contributed by atoms with Gasteiger partial charge in [-0.2, -0.15) is 47.4 Å². The molecule has 12 rings (SSSR count). The number of fused-ring (bicyclic) bond motifs is 6. The molecule has 0 aliphatic rings. The van der Waals surface area contributed by atoms with Gasteiger partial charge < -0.3 is 9.13 Å². The number of alkyl halides is 6. The first kappa shape index (κ1) is 53.9. The predicted molar refractivity (Wildman–Crippen MR) is 316 cm³/mol. The molecule has 0 saturated carbocycles. The fraction of sp³-hybridized carbons (Fsp3) is 0.0286. The Bertz CT molecular complexity index is 4740. The summed E-state index contributed by atoms with van der Waals surface area (Å²) in [5.41, 5.74) is 2.09. The molecule has 0 spiro atoms. The Balaban J connectivity index is 1.16. The van der Waals surface area contributed by atoms with E-state index in [2.05, 4.69) is 31.5 Å². The smallest absolute Gasteiger partial charge is 0.309 e. The molecule has 0 amide bonds. The van der Waals surface area contributed by atoms with E-state index in [1.54, 1.807) is 106 Å². The minimum atomic E-state index is -5.23. The lowest BCUT2D eigenvalue weighted by Gasteiger charge is -2.21. The van der Waals surface area contributed by atoms with Gasteiger partial charge in [0.2, 0.25) is 0 Å². The monoisotopic (exact) mass is 1120 g/mol. The molecule has 0 fully saturated rings. The van der Waals surface area contributed by atoms with Crippen LogP contribution in [0.1, 0.15) is 33.4 Å². The second kappa shape index (κ2) is 20.7. The standard InChI is InChI=1S/C70H30F6N10/c1-81-47-11-21-51(45(27-47)37-79)41-7-17-55-57-19-9-43(53-15-5-39(35-77)25-63(53)83-3)31-67(57)85(65(55)29-41)49-13-23-61(69(71,72)73)59(33-49)60-34-50(14-24-62(60)70(74,75)76)86-66-30-42(52-22-12-48(82-2)28-46(52)38-80)8-18-56(66)58-20-10-44(32-68(58)86)54-16-6-40(36-78)26-64(54)84-4/h5-34H. The van der Waals surface area contributed by atoms with Gasteiger partial charge in [-0.05, 0) is 153 Å². The molecule has 12 aromatic rings. The van der Waals surface area contributed by atoms with Crippen LogP contribution in [-0.2, 0) is 12.4 Å². The summed E-state index contributed by atoms with van der Waals surface area (Å²) < 4.78 is 98.2. The Labute approximate surface area is 485 Å². The molecule has 402 valence electrons. The van der Waals surface area contributed by atoms with Gasteiger partial charge in [-0.15, -0.1) is 0 Å². The van der Waals surface area contributed by atoms with Crippen LogP contribution >= 0.6 is 0 Å². The third-order valence-electron chi connectivity index (χ3n) is 15.2. The Morgan fingerprint density at radius 3 is 0.965 bits per heavy atom. The van der Waals surface area contributed by atoms with Crippen LogP contribution in [0.15, 0.2) is 182 Å². The molecule has 0 radical (unpaired) electrons. The number of aromatic nitrogens is 2. The van der Waals surface area contributed by atoms with Gasteiger partial charge in [0.15, 0.2) is 22.7 Å². The van der Waals surface area contributed by atoms with E-state index < -0.39 is 34.6 Å². The maximum atomic E-state index is 15.8. The maximum absolute atomic E-state index is 15.8. The molecule has 0 N–H and O–H groups in total. The number of rotatable bonds is 7. The highest BCUT2D eigenvalue weighted by atomic mass is 19.4. The van der Waals surface area contributed by atoms with Gasteiger partial charge >= 0.3 is 12.4 Å². The van der Waals surface area contributed by atoms with Crippen molar-refractivity contribution < 1.29 is 26.3 Å². The molecule has 16 heteroatoms. The molecule has 0 aliphatic carbocycles. The number of hydrogen-bond donors (Lipinski definition) is 0. The molecule has 0 saturated heterocycles. The van der Waals surface area contributed by atoms with Crippen molar-refractivity contribution in [1.82, 2.24) is 9.13 Å². The highest BCUT2D eigenvalue weighted by Crippen LogP contribution is 2.48. The lowest BCUT2D eigenvalue weighted by atomic mass is 9.93. The highest BCUT2D eigenvalue weighted by molar-refractivity contribution is 6.13. The number of nitrogens with zero attached hydrogens (tertiary/aromatic N) is 10. The molecule has 2 heterocycles. The third-order valence-corrected chi connectivity index (χ3v) is 15.2. The molecular formula is C70H30F6N10. The minimum Gasteiger partial charge on any atom is -0.309 e. The molecule has 0 bridgehead atoms. The van der Waals surface area contributed by atoms with Gasteiger partial charge in [-0.1, -0.05) is 84.9 Å². The van der Waals surface area contributed by atoms with E-state index in [0.717, 1.165) is 36.4 Å². The maximum Gasteiger partial charge on any atom is 0.417 e. The molecule has 10 aromatic carbocycles. The average molecular weight is 1130 g/mol. The van der Waals surface area contributed by atoms with E-state index in [4.69, 9.17) is 26.3 Å². The van der Waals surface area contributed by atoms with Gasteiger partial charge in [0.1, 0.15) is 0 Å². The first-order valence-electron chi connectivity index (χ1n) is 25.8. The fourth-order valence-corrected chi connectivity index (χ4v) is 11.3. The van der Waals surface area contributed by atoms with Crippen molar-refractivity contribution in [2.75, 3.05) is 0 Å². The van der Waals surface area contributed by atoms with E-state index >= 15 is 26.3 Å². The zero-order chi connectivity index (χ0) is 60.3. The van der Waals surface area contributed by atoms with Crippen LogP contribution in [0.2, 0.25) is 0 Å². The van der Waals surface area contributed by atoms with Crippen LogP contribution in [-0.4, -0.2) is 9.13 Å². The summed E-state index contributed by atoms with van der Waals surface area (Å²) in [5, 5.41) is 42.1. The molecule has 0 unspecified atom stereocenters. The van der Waals surface area contributed by atoms with Crippen molar-refractivity contribution in [3.63, 3.8) is 0 Å². The van der Waals surface area contributed by atoms with Crippen LogP contribution in [0.3, 0.4) is 0 Å². The lowest BCUT2D eigenvalue weighted by Crippen LogP contribution is -2.12. The van der Waals surface area contributed by atoms with Crippen molar-refractivity contribution in [2.24, 2.45) is 0 Å². The Kier molecular flexibility index (Phi) is 13.0. The Morgan fingerprint density at radius 2 is 0.663 bits per heavy atom. The van der Waals surface area contributed by atoms with Gasteiger partial charge in [-0.25, -0.2) is 19.4 Å². The van der Waals surface area contributed by atoms with E-state index in [-0.39, 0.29) is 56.4 Å². The number of nitriles is 4. The second-order valence-electron chi connectivity index (χ2n) is 19.9. The number of benzene rings is 10. The SMILES string of the molecule is [C-]#[N+]c1ccc(-c2ccc3c4ccc(-c5ccc(C#N)cc5[N+]#[C-])cc4n(-c4ccc(C(F)(F)F)c(-c5cc(-n6c7cc(-c8ccc([N+]#[C-])cc8C#N)ccc7c7ccc(-c8ccc(C#N)cc8[N+]#[C-])cc76)ccc5C(F)(F)F)c4)c3c2)c(C#N)c1.